The largest absolute Gasteiger partial charge is 0.467 e. The van der Waals surface area contributed by atoms with Gasteiger partial charge in [0.15, 0.2) is 5.72 Å². The van der Waals surface area contributed by atoms with Crippen LogP contribution >= 0.6 is 0 Å². The maximum absolute atomic E-state index is 14.6. The van der Waals surface area contributed by atoms with Crippen LogP contribution in [0.1, 0.15) is 136 Å². The molecule has 0 aromatic heterocycles. The Hall–Kier alpha value is -4.01. The number of carbonyl (C=O) groups excluding carboxylic acids is 5. The van der Waals surface area contributed by atoms with Crippen LogP contribution in [0.25, 0.3) is 0 Å². The molecule has 9 nitrogen and oxygen atoms in total. The summed E-state index contributed by atoms with van der Waals surface area (Å²) in [5.74, 6) is -3.54. The van der Waals surface area contributed by atoms with Gasteiger partial charge < -0.3 is 9.47 Å². The number of carbonyl (C=O) groups is 5. The molecule has 0 saturated carbocycles. The number of fused-ring (bicyclic) bond motifs is 2. The SMILES string of the molecule is CCCCCCCCCCCC(=O)O[C@H](C)[C@@H](CN1C(=O)c2ccccc2C1=O)C(=O)N1C(=O)c2ccccc2OC1(CC)CC. The molecule has 2 aliphatic rings. The van der Waals surface area contributed by atoms with Gasteiger partial charge in [0.05, 0.1) is 22.6 Å². The molecule has 0 N–H and O–H groups in total. The second-order valence-corrected chi connectivity index (χ2v) is 12.4. The normalized spacial score (nSPS) is 16.5. The van der Waals surface area contributed by atoms with Gasteiger partial charge >= 0.3 is 5.97 Å². The van der Waals surface area contributed by atoms with E-state index in [1.54, 1.807) is 55.5 Å². The molecule has 0 aliphatic carbocycles. The van der Waals surface area contributed by atoms with Crippen molar-refractivity contribution < 1.29 is 33.4 Å². The fraction of sp³-hybridized carbons (Fsp3) is 0.541. The first-order valence-electron chi connectivity index (χ1n) is 17.0. The van der Waals surface area contributed by atoms with Gasteiger partial charge in [-0.15, -0.1) is 0 Å². The van der Waals surface area contributed by atoms with Crippen molar-refractivity contribution in [3.8, 4) is 5.75 Å². The molecule has 9 heteroatoms. The van der Waals surface area contributed by atoms with Crippen molar-refractivity contribution in [3.05, 3.63) is 65.2 Å². The van der Waals surface area contributed by atoms with Crippen molar-refractivity contribution in [2.45, 2.75) is 117 Å². The first-order chi connectivity index (χ1) is 22.2. The summed E-state index contributed by atoms with van der Waals surface area (Å²) in [4.78, 5) is 70.3. The highest BCUT2D eigenvalue weighted by Gasteiger charge is 2.51. The fourth-order valence-electron chi connectivity index (χ4n) is 6.42. The van der Waals surface area contributed by atoms with Crippen molar-refractivity contribution in [1.82, 2.24) is 9.80 Å². The molecule has 2 atom stereocenters. The molecule has 0 fully saturated rings. The molecule has 4 amide bonds. The lowest BCUT2D eigenvalue weighted by Gasteiger charge is -2.46. The lowest BCUT2D eigenvalue weighted by atomic mass is 9.94. The molecule has 2 aliphatic heterocycles. The molecule has 46 heavy (non-hydrogen) atoms. The summed E-state index contributed by atoms with van der Waals surface area (Å²) in [6.45, 7) is 7.09. The number of hydrogen-bond acceptors (Lipinski definition) is 7. The minimum atomic E-state index is -1.29. The average molecular weight is 633 g/mol. The van der Waals surface area contributed by atoms with E-state index in [2.05, 4.69) is 6.92 Å². The number of ether oxygens (including phenoxy) is 2. The summed E-state index contributed by atoms with van der Waals surface area (Å²) in [6, 6.07) is 13.2. The lowest BCUT2D eigenvalue weighted by Crippen LogP contribution is -2.63. The van der Waals surface area contributed by atoms with Crippen LogP contribution in [-0.2, 0) is 14.3 Å². The Morgan fingerprint density at radius 2 is 1.26 bits per heavy atom. The molecule has 2 heterocycles. The van der Waals surface area contributed by atoms with Crippen molar-refractivity contribution >= 4 is 29.6 Å². The smallest absolute Gasteiger partial charge is 0.306 e. The van der Waals surface area contributed by atoms with E-state index < -0.39 is 47.3 Å². The Bertz CT molecular complexity index is 1380. The van der Waals surface area contributed by atoms with E-state index in [9.17, 15) is 24.0 Å². The van der Waals surface area contributed by atoms with Crippen molar-refractivity contribution in [1.29, 1.82) is 0 Å². The number of benzene rings is 2. The zero-order valence-electron chi connectivity index (χ0n) is 27.7. The van der Waals surface area contributed by atoms with E-state index in [-0.39, 0.29) is 29.7 Å². The summed E-state index contributed by atoms with van der Waals surface area (Å²) < 4.78 is 12.1. The Balaban J connectivity index is 1.52. The fourth-order valence-corrected chi connectivity index (χ4v) is 6.42. The predicted octanol–water partition coefficient (Wildman–Crippen LogP) is 7.33. The van der Waals surface area contributed by atoms with Crippen molar-refractivity contribution in [3.63, 3.8) is 0 Å². The zero-order valence-corrected chi connectivity index (χ0v) is 27.7. The minimum Gasteiger partial charge on any atom is -0.467 e. The van der Waals surface area contributed by atoms with Gasteiger partial charge in [-0.1, -0.05) is 96.4 Å². The van der Waals surface area contributed by atoms with E-state index in [0.29, 0.717) is 25.0 Å². The zero-order chi connectivity index (χ0) is 33.3. The van der Waals surface area contributed by atoms with Gasteiger partial charge in [-0.2, -0.15) is 0 Å². The number of para-hydroxylation sites is 1. The maximum Gasteiger partial charge on any atom is 0.306 e. The van der Waals surface area contributed by atoms with Crippen LogP contribution in [0.3, 0.4) is 0 Å². The van der Waals surface area contributed by atoms with Gasteiger partial charge in [0, 0.05) is 25.8 Å². The van der Waals surface area contributed by atoms with E-state index >= 15 is 0 Å². The second-order valence-electron chi connectivity index (χ2n) is 12.4. The third kappa shape index (κ3) is 7.51. The topological polar surface area (TPSA) is 110 Å². The van der Waals surface area contributed by atoms with E-state index in [1.165, 1.54) is 32.1 Å². The van der Waals surface area contributed by atoms with Crippen LogP contribution in [-0.4, -0.2) is 57.8 Å². The van der Waals surface area contributed by atoms with Crippen molar-refractivity contribution in [2.75, 3.05) is 6.54 Å². The van der Waals surface area contributed by atoms with Gasteiger partial charge in [-0.05, 0) is 37.6 Å². The molecule has 248 valence electrons. The number of imide groups is 2. The van der Waals surface area contributed by atoms with Gasteiger partial charge in [0.25, 0.3) is 17.7 Å². The van der Waals surface area contributed by atoms with Crippen LogP contribution < -0.4 is 4.74 Å². The average Bonchev–Trinajstić information content (AvgIpc) is 3.30. The molecular weight excluding hydrogens is 584 g/mol. The van der Waals surface area contributed by atoms with Gasteiger partial charge in [-0.25, -0.2) is 4.90 Å². The molecule has 0 unspecified atom stereocenters. The summed E-state index contributed by atoms with van der Waals surface area (Å²) >= 11 is 0. The number of unbranched alkanes of at least 4 members (excludes halogenated alkanes) is 8. The van der Waals surface area contributed by atoms with E-state index in [0.717, 1.165) is 29.1 Å². The number of esters is 1. The first-order valence-corrected chi connectivity index (χ1v) is 17.0. The molecule has 2 aromatic carbocycles. The van der Waals surface area contributed by atoms with E-state index in [1.807, 2.05) is 13.8 Å². The standard InChI is InChI=1S/C37H48N2O7/c1-5-8-9-10-11-12-13-14-15-24-32(40)45-26(4)30(25-38-33(41)27-20-16-17-21-28(27)34(38)42)36(44)39-35(43)29-22-18-19-23-31(29)46-37(39,6-2)7-3/h16-23,26,30H,5-15,24-25H2,1-4H3/t26-,30-/m1/s1. The molecule has 0 spiro atoms. The maximum atomic E-state index is 14.6. The summed E-state index contributed by atoms with van der Waals surface area (Å²) in [5.41, 5.74) is -0.556. The Morgan fingerprint density at radius 1 is 0.739 bits per heavy atom. The van der Waals surface area contributed by atoms with E-state index in [4.69, 9.17) is 9.47 Å². The van der Waals surface area contributed by atoms with Gasteiger partial charge in [-0.3, -0.25) is 28.9 Å². The van der Waals surface area contributed by atoms with Crippen LogP contribution in [0.4, 0.5) is 0 Å². The third-order valence-electron chi connectivity index (χ3n) is 9.30. The predicted molar refractivity (Wildman–Crippen MR) is 174 cm³/mol. The lowest BCUT2D eigenvalue weighted by molar-refractivity contribution is -0.163. The Kier molecular flexibility index (Phi) is 12.1. The number of nitrogens with zero attached hydrogens (tertiary/aromatic N) is 2. The highest BCUT2D eigenvalue weighted by molar-refractivity contribution is 6.21. The summed E-state index contributed by atoms with van der Waals surface area (Å²) in [6.07, 6.45) is 9.73. The highest BCUT2D eigenvalue weighted by atomic mass is 16.5. The first kappa shape index (κ1) is 34.9. The number of rotatable bonds is 17. The highest BCUT2D eigenvalue weighted by Crippen LogP contribution is 2.39. The molecule has 0 radical (unpaired) electrons. The Labute approximate surface area is 272 Å². The monoisotopic (exact) mass is 632 g/mol. The summed E-state index contributed by atoms with van der Waals surface area (Å²) in [5, 5.41) is 0. The van der Waals surface area contributed by atoms with Crippen molar-refractivity contribution in [2.24, 2.45) is 5.92 Å². The minimum absolute atomic E-state index is 0.196. The van der Waals surface area contributed by atoms with Gasteiger partial charge in [0.1, 0.15) is 11.9 Å². The summed E-state index contributed by atoms with van der Waals surface area (Å²) in [7, 11) is 0. The molecule has 4 rings (SSSR count). The van der Waals surface area contributed by atoms with Gasteiger partial charge in [0.2, 0.25) is 5.91 Å². The molecular formula is C37H48N2O7. The Morgan fingerprint density at radius 3 is 1.83 bits per heavy atom. The van der Waals surface area contributed by atoms with Crippen LogP contribution in [0.5, 0.6) is 5.75 Å². The molecule has 0 bridgehead atoms. The second kappa shape index (κ2) is 16.0. The number of hydrogen-bond donors (Lipinski definition) is 0. The quantitative estimate of drug-likeness (QED) is 0.102. The molecule has 0 saturated heterocycles. The van der Waals surface area contributed by atoms with Crippen LogP contribution in [0.2, 0.25) is 0 Å². The van der Waals surface area contributed by atoms with Crippen LogP contribution in [0.15, 0.2) is 48.5 Å². The van der Waals surface area contributed by atoms with Crippen LogP contribution in [0, 0.1) is 5.92 Å². The number of amides is 4. The third-order valence-corrected chi connectivity index (χ3v) is 9.30. The molecule has 2 aromatic rings.